The smallest absolute Gasteiger partial charge is 0.261 e. The molecule has 6 heteroatoms. The van der Waals surface area contributed by atoms with Crippen LogP contribution in [0.1, 0.15) is 51.8 Å². The molecule has 0 saturated heterocycles. The number of carbonyl (C=O) groups is 3. The third-order valence-electron chi connectivity index (χ3n) is 4.45. The normalized spacial score (nSPS) is 16.7. The molecule has 118 valence electrons. The molecule has 1 unspecified atom stereocenters. The van der Waals surface area contributed by atoms with E-state index in [0.29, 0.717) is 17.7 Å². The molecular weight excluding hydrogens is 282 g/mol. The van der Waals surface area contributed by atoms with Crippen LogP contribution in [-0.2, 0) is 0 Å². The van der Waals surface area contributed by atoms with Gasteiger partial charge in [-0.2, -0.15) is 0 Å². The van der Waals surface area contributed by atoms with Gasteiger partial charge in [0.05, 0.1) is 16.7 Å². The Bertz CT molecular complexity index is 654. The Labute approximate surface area is 129 Å². The number of hydrogen-bond donors (Lipinski definition) is 2. The van der Waals surface area contributed by atoms with E-state index in [1.54, 1.807) is 6.07 Å². The predicted molar refractivity (Wildman–Crippen MR) is 82.6 cm³/mol. The van der Waals surface area contributed by atoms with Gasteiger partial charge in [-0.1, -0.05) is 13.8 Å². The first kappa shape index (κ1) is 16.2. The monoisotopic (exact) mass is 303 g/mol. The number of fused-ring (bicyclic) bond motifs is 1. The molecule has 1 aromatic rings. The molecule has 3 N–H and O–H groups in total. The van der Waals surface area contributed by atoms with Gasteiger partial charge in [0.2, 0.25) is 0 Å². The molecule has 1 atom stereocenters. The lowest BCUT2D eigenvalue weighted by atomic mass is 9.88. The average molecular weight is 303 g/mol. The highest BCUT2D eigenvalue weighted by molar-refractivity contribution is 6.21. The summed E-state index contributed by atoms with van der Waals surface area (Å²) in [6.07, 6.45) is 0. The summed E-state index contributed by atoms with van der Waals surface area (Å²) in [5.41, 5.74) is 6.16. The number of amides is 3. The zero-order valence-corrected chi connectivity index (χ0v) is 13.3. The zero-order chi connectivity index (χ0) is 16.7. The Morgan fingerprint density at radius 2 is 1.86 bits per heavy atom. The predicted octanol–water partition coefficient (Wildman–Crippen LogP) is 1.02. The Morgan fingerprint density at radius 3 is 2.41 bits per heavy atom. The number of rotatable bonds is 4. The molecule has 0 spiro atoms. The van der Waals surface area contributed by atoms with Gasteiger partial charge in [0, 0.05) is 19.2 Å². The Balaban J connectivity index is 2.31. The first-order chi connectivity index (χ1) is 10.2. The maximum absolute atomic E-state index is 12.4. The molecule has 22 heavy (non-hydrogen) atoms. The van der Waals surface area contributed by atoms with Crippen LogP contribution in [0.2, 0.25) is 0 Å². The van der Waals surface area contributed by atoms with Crippen molar-refractivity contribution in [2.75, 3.05) is 13.6 Å². The minimum Gasteiger partial charge on any atom is -0.345 e. The molecule has 0 radical (unpaired) electrons. The standard InChI is InChI=1S/C16H21N3O3/c1-9(2)16(3,8-17)18-13(20)10-5-6-11-12(7-10)15(22)19(4)14(11)21/h5-7,9H,8,17H2,1-4H3,(H,18,20). The second-order valence-corrected chi connectivity index (χ2v) is 6.16. The molecule has 1 heterocycles. The third kappa shape index (κ3) is 2.50. The largest absolute Gasteiger partial charge is 0.345 e. The second kappa shape index (κ2) is 5.53. The Hall–Kier alpha value is -2.21. The van der Waals surface area contributed by atoms with Crippen molar-refractivity contribution >= 4 is 17.7 Å². The van der Waals surface area contributed by atoms with Crippen molar-refractivity contribution in [2.45, 2.75) is 26.3 Å². The van der Waals surface area contributed by atoms with Crippen LogP contribution >= 0.6 is 0 Å². The number of nitrogens with zero attached hydrogens (tertiary/aromatic N) is 1. The van der Waals surface area contributed by atoms with E-state index in [0.717, 1.165) is 4.90 Å². The first-order valence-corrected chi connectivity index (χ1v) is 7.20. The van der Waals surface area contributed by atoms with Crippen molar-refractivity contribution in [2.24, 2.45) is 11.7 Å². The molecule has 1 aliphatic rings. The lowest BCUT2D eigenvalue weighted by Gasteiger charge is -2.33. The summed E-state index contributed by atoms with van der Waals surface area (Å²) in [6.45, 7) is 6.15. The van der Waals surface area contributed by atoms with Crippen molar-refractivity contribution in [1.82, 2.24) is 10.2 Å². The van der Waals surface area contributed by atoms with Gasteiger partial charge in [0.1, 0.15) is 0 Å². The molecule has 0 bridgehead atoms. The van der Waals surface area contributed by atoms with Gasteiger partial charge in [-0.3, -0.25) is 19.3 Å². The van der Waals surface area contributed by atoms with Gasteiger partial charge < -0.3 is 11.1 Å². The number of nitrogens with two attached hydrogens (primary N) is 1. The van der Waals surface area contributed by atoms with Gasteiger partial charge in [0.25, 0.3) is 17.7 Å². The zero-order valence-electron chi connectivity index (χ0n) is 13.3. The summed E-state index contributed by atoms with van der Waals surface area (Å²) in [7, 11) is 1.43. The van der Waals surface area contributed by atoms with Crippen molar-refractivity contribution < 1.29 is 14.4 Å². The summed E-state index contributed by atoms with van der Waals surface area (Å²) >= 11 is 0. The van der Waals surface area contributed by atoms with Crippen molar-refractivity contribution in [3.8, 4) is 0 Å². The number of hydrogen-bond acceptors (Lipinski definition) is 4. The number of imide groups is 1. The van der Waals surface area contributed by atoms with Gasteiger partial charge in [0.15, 0.2) is 0 Å². The highest BCUT2D eigenvalue weighted by Gasteiger charge is 2.34. The molecule has 1 aliphatic heterocycles. The summed E-state index contributed by atoms with van der Waals surface area (Å²) in [5.74, 6) is -0.884. The van der Waals surface area contributed by atoms with E-state index in [1.807, 2.05) is 20.8 Å². The van der Waals surface area contributed by atoms with Crippen LogP contribution in [0.25, 0.3) is 0 Å². The topological polar surface area (TPSA) is 92.5 Å². The summed E-state index contributed by atoms with van der Waals surface area (Å²) < 4.78 is 0. The molecule has 1 aromatic carbocycles. The fraction of sp³-hybridized carbons (Fsp3) is 0.438. The summed E-state index contributed by atoms with van der Waals surface area (Å²) in [6, 6.07) is 4.53. The minimum atomic E-state index is -0.535. The molecule has 2 rings (SSSR count). The Morgan fingerprint density at radius 1 is 1.27 bits per heavy atom. The lowest BCUT2D eigenvalue weighted by molar-refractivity contribution is 0.0692. The quantitative estimate of drug-likeness (QED) is 0.812. The summed E-state index contributed by atoms with van der Waals surface area (Å²) in [4.78, 5) is 37.3. The molecular formula is C16H21N3O3. The van der Waals surface area contributed by atoms with Crippen molar-refractivity contribution in [3.05, 3.63) is 34.9 Å². The van der Waals surface area contributed by atoms with E-state index in [1.165, 1.54) is 19.2 Å². The van der Waals surface area contributed by atoms with E-state index in [9.17, 15) is 14.4 Å². The van der Waals surface area contributed by atoms with Gasteiger partial charge in [-0.25, -0.2) is 0 Å². The van der Waals surface area contributed by atoms with Crippen molar-refractivity contribution in [3.63, 3.8) is 0 Å². The van der Waals surface area contributed by atoms with Crippen LogP contribution in [0.5, 0.6) is 0 Å². The number of benzene rings is 1. The molecule has 0 aromatic heterocycles. The lowest BCUT2D eigenvalue weighted by Crippen LogP contribution is -2.55. The average Bonchev–Trinajstić information content (AvgIpc) is 2.71. The summed E-state index contributed by atoms with van der Waals surface area (Å²) in [5, 5.41) is 2.91. The first-order valence-electron chi connectivity index (χ1n) is 7.20. The van der Waals surface area contributed by atoms with Crippen LogP contribution in [0.15, 0.2) is 18.2 Å². The van der Waals surface area contributed by atoms with Crippen LogP contribution in [-0.4, -0.2) is 41.8 Å². The molecule has 6 nitrogen and oxygen atoms in total. The molecule has 3 amide bonds. The second-order valence-electron chi connectivity index (χ2n) is 6.16. The third-order valence-corrected chi connectivity index (χ3v) is 4.45. The number of nitrogens with one attached hydrogen (secondary N) is 1. The van der Waals surface area contributed by atoms with Crippen molar-refractivity contribution in [1.29, 1.82) is 0 Å². The van der Waals surface area contributed by atoms with Gasteiger partial charge in [-0.15, -0.1) is 0 Å². The van der Waals surface area contributed by atoms with E-state index in [2.05, 4.69) is 5.32 Å². The van der Waals surface area contributed by atoms with Crippen LogP contribution in [0, 0.1) is 5.92 Å². The molecule has 0 fully saturated rings. The Kier molecular flexibility index (Phi) is 4.06. The maximum atomic E-state index is 12.4. The van der Waals surface area contributed by atoms with Crippen LogP contribution < -0.4 is 11.1 Å². The highest BCUT2D eigenvalue weighted by atomic mass is 16.2. The van der Waals surface area contributed by atoms with Gasteiger partial charge in [-0.05, 0) is 31.0 Å². The minimum absolute atomic E-state index is 0.158. The van der Waals surface area contributed by atoms with E-state index in [4.69, 9.17) is 5.73 Å². The maximum Gasteiger partial charge on any atom is 0.261 e. The fourth-order valence-electron chi connectivity index (χ4n) is 2.27. The van der Waals surface area contributed by atoms with Crippen LogP contribution in [0.3, 0.4) is 0 Å². The highest BCUT2D eigenvalue weighted by Crippen LogP contribution is 2.23. The molecule has 0 aliphatic carbocycles. The van der Waals surface area contributed by atoms with Gasteiger partial charge >= 0.3 is 0 Å². The number of carbonyl (C=O) groups excluding carboxylic acids is 3. The fourth-order valence-corrected chi connectivity index (χ4v) is 2.27. The molecule has 0 saturated carbocycles. The van der Waals surface area contributed by atoms with E-state index >= 15 is 0 Å². The van der Waals surface area contributed by atoms with E-state index < -0.39 is 5.54 Å². The van der Waals surface area contributed by atoms with Crippen LogP contribution in [0.4, 0.5) is 0 Å². The van der Waals surface area contributed by atoms with E-state index in [-0.39, 0.29) is 29.2 Å². The SMILES string of the molecule is CC(C)C(C)(CN)NC(=O)c1ccc2c(c1)C(=O)N(C)C2=O.